The summed E-state index contributed by atoms with van der Waals surface area (Å²) in [7, 11) is 0. The summed E-state index contributed by atoms with van der Waals surface area (Å²) in [5, 5.41) is 41.3. The third-order valence-corrected chi connectivity index (χ3v) is 6.86. The molecule has 0 spiro atoms. The molecule has 12 atom stereocenters. The molecule has 0 amide bonds. The van der Waals surface area contributed by atoms with Crippen molar-refractivity contribution in [3.8, 4) is 0 Å². The Hall–Kier alpha value is -1.18. The predicted molar refractivity (Wildman–Crippen MR) is 122 cm³/mol. The van der Waals surface area contributed by atoms with Crippen molar-refractivity contribution in [1.82, 2.24) is 0 Å². The first-order valence-electron chi connectivity index (χ1n) is 12.4. The minimum Gasteiger partial charge on any atom is -0.390 e. The molecule has 0 bridgehead atoms. The van der Waals surface area contributed by atoms with Crippen LogP contribution in [0.1, 0.15) is 45.6 Å². The number of aliphatic hydroxyl groups is 4. The number of ether oxygens (including phenoxy) is 6. The SMILES string of the molecule is C[C@H]1O[C@@H](O[C@H]2[C@@H](O)C[C@H](O[C@H]3[C@@H](O)C[C@H](OCc4ccccc4)O[C@@H]3C)O[C@@H]2C)C[C@H](O)[C@@H]1O. The van der Waals surface area contributed by atoms with Crippen molar-refractivity contribution in [2.45, 2.75) is 120 Å². The van der Waals surface area contributed by atoms with E-state index in [9.17, 15) is 20.4 Å². The van der Waals surface area contributed by atoms with Crippen molar-refractivity contribution in [2.24, 2.45) is 0 Å². The highest BCUT2D eigenvalue weighted by molar-refractivity contribution is 5.13. The van der Waals surface area contributed by atoms with Gasteiger partial charge in [0, 0.05) is 19.3 Å². The van der Waals surface area contributed by atoms with Crippen molar-refractivity contribution < 1.29 is 48.8 Å². The van der Waals surface area contributed by atoms with Gasteiger partial charge in [-0.3, -0.25) is 0 Å². The van der Waals surface area contributed by atoms with Gasteiger partial charge in [0.15, 0.2) is 18.9 Å². The molecule has 1 aromatic rings. The minimum absolute atomic E-state index is 0.0952. The molecule has 198 valence electrons. The van der Waals surface area contributed by atoms with Gasteiger partial charge in [-0.05, 0) is 26.3 Å². The first-order valence-corrected chi connectivity index (χ1v) is 12.4. The van der Waals surface area contributed by atoms with Crippen molar-refractivity contribution >= 4 is 0 Å². The van der Waals surface area contributed by atoms with Gasteiger partial charge in [0.05, 0.1) is 43.2 Å². The Labute approximate surface area is 205 Å². The molecule has 1 aromatic carbocycles. The van der Waals surface area contributed by atoms with Gasteiger partial charge in [0.25, 0.3) is 0 Å². The molecular formula is C25H38O10. The molecule has 10 heteroatoms. The van der Waals surface area contributed by atoms with E-state index in [-0.39, 0.29) is 19.3 Å². The van der Waals surface area contributed by atoms with Gasteiger partial charge in [0.1, 0.15) is 18.3 Å². The highest BCUT2D eigenvalue weighted by Gasteiger charge is 2.44. The van der Waals surface area contributed by atoms with E-state index in [1.165, 1.54) is 0 Å². The van der Waals surface area contributed by atoms with Crippen LogP contribution in [0.2, 0.25) is 0 Å². The summed E-state index contributed by atoms with van der Waals surface area (Å²) in [4.78, 5) is 0. The third-order valence-electron chi connectivity index (χ3n) is 6.86. The Morgan fingerprint density at radius 1 is 0.686 bits per heavy atom. The van der Waals surface area contributed by atoms with Gasteiger partial charge >= 0.3 is 0 Å². The molecule has 3 fully saturated rings. The van der Waals surface area contributed by atoms with E-state index in [4.69, 9.17) is 28.4 Å². The molecule has 3 saturated heterocycles. The summed E-state index contributed by atoms with van der Waals surface area (Å²) in [6.07, 6.45) is -8.21. The van der Waals surface area contributed by atoms with Crippen LogP contribution in [0.4, 0.5) is 0 Å². The topological polar surface area (TPSA) is 136 Å². The fourth-order valence-electron chi connectivity index (χ4n) is 4.86. The summed E-state index contributed by atoms with van der Waals surface area (Å²) in [6, 6.07) is 9.74. The maximum atomic E-state index is 10.7. The van der Waals surface area contributed by atoms with Crippen molar-refractivity contribution in [2.75, 3.05) is 0 Å². The standard InChI is InChI=1S/C25H38O10/c1-13-23(29)17(26)9-21(31-13)34-25-15(3)33-22(11-19(25)28)35-24-14(2)32-20(10-18(24)27)30-12-16-7-5-4-6-8-16/h4-8,13-15,17-29H,9-12H2,1-3H3/t13-,14-,15-,17+,18+,19+,20-,21+,22+,23-,24-,25-/m1/s1. The highest BCUT2D eigenvalue weighted by Crippen LogP contribution is 2.31. The van der Waals surface area contributed by atoms with Gasteiger partial charge in [-0.1, -0.05) is 30.3 Å². The first-order chi connectivity index (χ1) is 16.7. The third kappa shape index (κ3) is 6.78. The zero-order valence-electron chi connectivity index (χ0n) is 20.4. The lowest BCUT2D eigenvalue weighted by atomic mass is 9.99. The van der Waals surface area contributed by atoms with Crippen LogP contribution in [-0.4, -0.2) is 94.2 Å². The summed E-state index contributed by atoms with van der Waals surface area (Å²) in [6.45, 7) is 5.60. The largest absolute Gasteiger partial charge is 0.390 e. The summed E-state index contributed by atoms with van der Waals surface area (Å²) in [5.74, 6) is 0. The second kappa shape index (κ2) is 11.9. The maximum absolute atomic E-state index is 10.7. The number of hydrogen-bond acceptors (Lipinski definition) is 10. The molecule has 10 nitrogen and oxygen atoms in total. The van der Waals surface area contributed by atoms with E-state index in [1.54, 1.807) is 13.8 Å². The Balaban J connectivity index is 1.25. The molecule has 0 aliphatic carbocycles. The van der Waals surface area contributed by atoms with Gasteiger partial charge < -0.3 is 48.8 Å². The number of benzene rings is 1. The molecule has 3 aliphatic rings. The zero-order chi connectivity index (χ0) is 25.1. The van der Waals surface area contributed by atoms with Crippen LogP contribution in [0, 0.1) is 0 Å². The fraction of sp³-hybridized carbons (Fsp3) is 0.760. The average molecular weight is 499 g/mol. The number of aliphatic hydroxyl groups excluding tert-OH is 4. The van der Waals surface area contributed by atoms with Crippen molar-refractivity contribution in [3.63, 3.8) is 0 Å². The van der Waals surface area contributed by atoms with E-state index in [0.717, 1.165) is 5.56 Å². The highest BCUT2D eigenvalue weighted by atomic mass is 16.7. The van der Waals surface area contributed by atoms with Gasteiger partial charge in [0.2, 0.25) is 0 Å². The summed E-state index contributed by atoms with van der Waals surface area (Å²) < 4.78 is 35.2. The second-order valence-electron chi connectivity index (χ2n) is 9.71. The lowest BCUT2D eigenvalue weighted by molar-refractivity contribution is -0.334. The van der Waals surface area contributed by atoms with Crippen LogP contribution in [0.3, 0.4) is 0 Å². The van der Waals surface area contributed by atoms with E-state index in [1.807, 2.05) is 37.3 Å². The van der Waals surface area contributed by atoms with E-state index in [0.29, 0.717) is 6.61 Å². The molecule has 3 aliphatic heterocycles. The molecule has 4 rings (SSSR count). The molecule has 0 saturated carbocycles. The first kappa shape index (κ1) is 26.9. The Bertz CT molecular complexity index is 745. The van der Waals surface area contributed by atoms with Crippen LogP contribution >= 0.6 is 0 Å². The van der Waals surface area contributed by atoms with Gasteiger partial charge in [-0.2, -0.15) is 0 Å². The maximum Gasteiger partial charge on any atom is 0.161 e. The number of hydrogen-bond donors (Lipinski definition) is 4. The Morgan fingerprint density at radius 2 is 1.17 bits per heavy atom. The normalized spacial score (nSPS) is 44.8. The molecular weight excluding hydrogens is 460 g/mol. The van der Waals surface area contributed by atoms with E-state index >= 15 is 0 Å². The zero-order valence-corrected chi connectivity index (χ0v) is 20.4. The molecule has 3 heterocycles. The second-order valence-corrected chi connectivity index (χ2v) is 9.71. The van der Waals surface area contributed by atoms with Crippen molar-refractivity contribution in [1.29, 1.82) is 0 Å². The lowest BCUT2D eigenvalue weighted by Gasteiger charge is -2.44. The fourth-order valence-corrected chi connectivity index (χ4v) is 4.86. The van der Waals surface area contributed by atoms with E-state index in [2.05, 4.69) is 0 Å². The minimum atomic E-state index is -0.980. The predicted octanol–water partition coefficient (Wildman–Crippen LogP) is 0.822. The Morgan fingerprint density at radius 3 is 1.71 bits per heavy atom. The van der Waals surface area contributed by atoms with Crippen LogP contribution in [0.15, 0.2) is 30.3 Å². The van der Waals surface area contributed by atoms with Crippen molar-refractivity contribution in [3.05, 3.63) is 35.9 Å². The Kier molecular flexibility index (Phi) is 9.14. The smallest absolute Gasteiger partial charge is 0.161 e. The molecule has 0 aromatic heterocycles. The summed E-state index contributed by atoms with van der Waals surface area (Å²) >= 11 is 0. The van der Waals surface area contributed by atoms with Crippen LogP contribution < -0.4 is 0 Å². The molecule has 0 unspecified atom stereocenters. The number of rotatable bonds is 7. The summed E-state index contributed by atoms with van der Waals surface area (Å²) in [5.41, 5.74) is 1.02. The monoisotopic (exact) mass is 498 g/mol. The quantitative estimate of drug-likeness (QED) is 0.428. The molecule has 4 N–H and O–H groups in total. The molecule has 35 heavy (non-hydrogen) atoms. The van der Waals surface area contributed by atoms with Gasteiger partial charge in [-0.25, -0.2) is 0 Å². The van der Waals surface area contributed by atoms with Crippen LogP contribution in [0.5, 0.6) is 0 Å². The van der Waals surface area contributed by atoms with Crippen LogP contribution in [-0.2, 0) is 35.0 Å². The van der Waals surface area contributed by atoms with Crippen LogP contribution in [0.25, 0.3) is 0 Å². The lowest BCUT2D eigenvalue weighted by Crippen LogP contribution is -2.56. The average Bonchev–Trinajstić information content (AvgIpc) is 2.81. The van der Waals surface area contributed by atoms with Gasteiger partial charge in [-0.15, -0.1) is 0 Å². The molecule has 0 radical (unpaired) electrons. The van der Waals surface area contributed by atoms with E-state index < -0.39 is 73.8 Å².